The molecule has 3 N–H and O–H groups in total. The van der Waals surface area contributed by atoms with Gasteiger partial charge in [0.2, 0.25) is 0 Å². The standard InChI is InChI=1S/C18H21N5O4/c1-18(2,20-16(24)25)15-14-12(8-19-21-14)13-9-22(15)17(26)23(13)27-10-11-6-4-3-5-7-11/h3-8,13,15,20H,9-10H2,1-2H3,(H,19,21)(H,24,25)/t13-,15+/m1/s1. The number of carboxylic acid groups (broad SMARTS) is 1. The van der Waals surface area contributed by atoms with Crippen LogP contribution in [0, 0.1) is 0 Å². The van der Waals surface area contributed by atoms with Crippen LogP contribution in [0.4, 0.5) is 9.59 Å². The summed E-state index contributed by atoms with van der Waals surface area (Å²) in [6.45, 7) is 4.18. The van der Waals surface area contributed by atoms with E-state index in [2.05, 4.69) is 15.5 Å². The van der Waals surface area contributed by atoms with Crippen molar-refractivity contribution in [3.63, 3.8) is 0 Å². The molecule has 2 aliphatic heterocycles. The van der Waals surface area contributed by atoms with Gasteiger partial charge in [0, 0.05) is 5.56 Å². The summed E-state index contributed by atoms with van der Waals surface area (Å²) in [5.41, 5.74) is 1.61. The van der Waals surface area contributed by atoms with Crippen molar-refractivity contribution in [1.82, 2.24) is 25.5 Å². The van der Waals surface area contributed by atoms with E-state index in [0.29, 0.717) is 6.54 Å². The van der Waals surface area contributed by atoms with E-state index in [1.807, 2.05) is 30.3 Å². The molecular weight excluding hydrogens is 350 g/mol. The number of aromatic nitrogens is 2. The molecule has 2 atom stereocenters. The maximum atomic E-state index is 13.0. The normalized spacial score (nSPS) is 21.3. The van der Waals surface area contributed by atoms with Crippen molar-refractivity contribution in [2.75, 3.05) is 6.54 Å². The molecule has 0 spiro atoms. The molecule has 27 heavy (non-hydrogen) atoms. The number of aromatic amines is 1. The van der Waals surface area contributed by atoms with E-state index in [-0.39, 0.29) is 18.7 Å². The molecule has 0 saturated carbocycles. The maximum absolute atomic E-state index is 13.0. The lowest BCUT2D eigenvalue weighted by Gasteiger charge is -2.40. The van der Waals surface area contributed by atoms with Crippen molar-refractivity contribution in [2.45, 2.75) is 38.1 Å². The minimum Gasteiger partial charge on any atom is -0.465 e. The third-order valence-electron chi connectivity index (χ3n) is 5.06. The fourth-order valence-electron chi connectivity index (χ4n) is 3.94. The van der Waals surface area contributed by atoms with Gasteiger partial charge in [0.15, 0.2) is 0 Å². The number of nitrogens with zero attached hydrogens (tertiary/aromatic N) is 3. The first-order chi connectivity index (χ1) is 12.9. The molecule has 1 fully saturated rings. The molecule has 3 heterocycles. The summed E-state index contributed by atoms with van der Waals surface area (Å²) in [7, 11) is 0. The Balaban J connectivity index is 1.63. The molecule has 2 bridgehead atoms. The number of hydrogen-bond acceptors (Lipinski definition) is 4. The number of urea groups is 1. The number of carbonyl (C=O) groups is 2. The Kier molecular flexibility index (Phi) is 4.03. The summed E-state index contributed by atoms with van der Waals surface area (Å²) < 4.78 is 0. The predicted molar refractivity (Wildman–Crippen MR) is 94.5 cm³/mol. The number of rotatable bonds is 5. The van der Waals surface area contributed by atoms with Gasteiger partial charge in [-0.05, 0) is 19.4 Å². The fraction of sp³-hybridized carbons (Fsp3) is 0.389. The summed E-state index contributed by atoms with van der Waals surface area (Å²) in [6.07, 6.45) is 0.533. The number of fused-ring (bicyclic) bond motifs is 4. The van der Waals surface area contributed by atoms with Crippen molar-refractivity contribution < 1.29 is 19.5 Å². The molecule has 2 aromatic rings. The highest BCUT2D eigenvalue weighted by Gasteiger charge is 2.54. The van der Waals surface area contributed by atoms with Crippen LogP contribution in [0.5, 0.6) is 0 Å². The lowest BCUT2D eigenvalue weighted by atomic mass is 9.85. The predicted octanol–water partition coefficient (Wildman–Crippen LogP) is 2.42. The van der Waals surface area contributed by atoms with Crippen LogP contribution >= 0.6 is 0 Å². The average molecular weight is 371 g/mol. The molecule has 3 amide bonds. The largest absolute Gasteiger partial charge is 0.465 e. The Labute approximate surface area is 155 Å². The zero-order valence-electron chi connectivity index (χ0n) is 15.0. The van der Waals surface area contributed by atoms with Gasteiger partial charge < -0.3 is 15.3 Å². The fourth-order valence-corrected chi connectivity index (χ4v) is 3.94. The second kappa shape index (κ2) is 6.27. The van der Waals surface area contributed by atoms with Crippen LogP contribution in [0.1, 0.15) is 42.8 Å². The Morgan fingerprint density at radius 1 is 1.41 bits per heavy atom. The summed E-state index contributed by atoms with van der Waals surface area (Å²) in [5.74, 6) is 0. The topological polar surface area (TPSA) is 111 Å². The van der Waals surface area contributed by atoms with Crippen LogP contribution in [0.25, 0.3) is 0 Å². The molecule has 2 aliphatic rings. The molecule has 1 aromatic carbocycles. The zero-order valence-corrected chi connectivity index (χ0v) is 15.0. The van der Waals surface area contributed by atoms with E-state index in [1.54, 1.807) is 24.9 Å². The number of carbonyl (C=O) groups excluding carboxylic acids is 1. The van der Waals surface area contributed by atoms with Gasteiger partial charge in [-0.2, -0.15) is 10.2 Å². The number of amides is 3. The molecule has 9 nitrogen and oxygen atoms in total. The van der Waals surface area contributed by atoms with Crippen LogP contribution < -0.4 is 5.32 Å². The van der Waals surface area contributed by atoms with Gasteiger partial charge in [-0.25, -0.2) is 9.59 Å². The first kappa shape index (κ1) is 17.3. The molecule has 142 valence electrons. The van der Waals surface area contributed by atoms with Gasteiger partial charge in [0.1, 0.15) is 12.6 Å². The summed E-state index contributed by atoms with van der Waals surface area (Å²) in [6, 6.07) is 8.52. The van der Waals surface area contributed by atoms with Gasteiger partial charge >= 0.3 is 12.1 Å². The highest BCUT2D eigenvalue weighted by molar-refractivity contribution is 5.79. The van der Waals surface area contributed by atoms with Crippen molar-refractivity contribution >= 4 is 12.1 Å². The Morgan fingerprint density at radius 2 is 2.15 bits per heavy atom. The van der Waals surface area contributed by atoms with Gasteiger partial charge in [0.25, 0.3) is 0 Å². The highest BCUT2D eigenvalue weighted by Crippen LogP contribution is 2.46. The number of hydroxylamine groups is 2. The molecule has 0 unspecified atom stereocenters. The quantitative estimate of drug-likeness (QED) is 0.747. The van der Waals surface area contributed by atoms with Crippen molar-refractivity contribution in [3.05, 3.63) is 53.3 Å². The van der Waals surface area contributed by atoms with Gasteiger partial charge in [-0.3, -0.25) is 9.94 Å². The first-order valence-electron chi connectivity index (χ1n) is 8.69. The minimum absolute atomic E-state index is 0.269. The van der Waals surface area contributed by atoms with Crippen LogP contribution in [0.15, 0.2) is 36.5 Å². The smallest absolute Gasteiger partial charge is 0.405 e. The number of nitrogens with one attached hydrogen (secondary N) is 2. The van der Waals surface area contributed by atoms with E-state index < -0.39 is 17.7 Å². The number of H-pyrrole nitrogens is 1. The van der Waals surface area contributed by atoms with Crippen molar-refractivity contribution in [1.29, 1.82) is 0 Å². The lowest BCUT2D eigenvalue weighted by molar-refractivity contribution is -0.141. The monoisotopic (exact) mass is 371 g/mol. The molecule has 4 rings (SSSR count). The molecule has 1 saturated heterocycles. The molecule has 9 heteroatoms. The van der Waals surface area contributed by atoms with Crippen LogP contribution in [0.2, 0.25) is 0 Å². The second-order valence-electron chi connectivity index (χ2n) is 7.33. The lowest BCUT2D eigenvalue weighted by Crippen LogP contribution is -2.54. The summed E-state index contributed by atoms with van der Waals surface area (Å²) >= 11 is 0. The Hall–Kier alpha value is -3.07. The Morgan fingerprint density at radius 3 is 2.85 bits per heavy atom. The van der Waals surface area contributed by atoms with Crippen molar-refractivity contribution in [2.24, 2.45) is 0 Å². The third-order valence-corrected chi connectivity index (χ3v) is 5.06. The maximum Gasteiger partial charge on any atom is 0.405 e. The first-order valence-corrected chi connectivity index (χ1v) is 8.69. The van der Waals surface area contributed by atoms with E-state index in [4.69, 9.17) is 4.84 Å². The third kappa shape index (κ3) is 2.89. The van der Waals surface area contributed by atoms with Crippen LogP contribution in [-0.2, 0) is 11.4 Å². The van der Waals surface area contributed by atoms with E-state index in [0.717, 1.165) is 16.8 Å². The second-order valence-corrected chi connectivity index (χ2v) is 7.33. The van der Waals surface area contributed by atoms with Gasteiger partial charge in [0.05, 0.1) is 30.0 Å². The Bertz CT molecular complexity index is 866. The number of hydrogen-bond donors (Lipinski definition) is 3. The summed E-state index contributed by atoms with van der Waals surface area (Å²) in [5, 5.41) is 20.2. The summed E-state index contributed by atoms with van der Waals surface area (Å²) in [4.78, 5) is 31.8. The minimum atomic E-state index is -1.15. The van der Waals surface area contributed by atoms with Crippen LogP contribution in [0.3, 0.4) is 0 Å². The molecule has 1 aromatic heterocycles. The molecular formula is C18H21N5O4. The van der Waals surface area contributed by atoms with E-state index in [1.165, 1.54) is 5.06 Å². The van der Waals surface area contributed by atoms with Gasteiger partial charge in [-0.15, -0.1) is 0 Å². The van der Waals surface area contributed by atoms with E-state index in [9.17, 15) is 14.7 Å². The highest BCUT2D eigenvalue weighted by atomic mass is 16.7. The molecule has 0 radical (unpaired) electrons. The van der Waals surface area contributed by atoms with Crippen molar-refractivity contribution in [3.8, 4) is 0 Å². The number of benzene rings is 1. The SMILES string of the molecule is CC(C)(NC(=O)O)[C@@H]1c2[nH]ncc2[C@H]2CN1C(=O)N2OCc1ccccc1. The molecule has 0 aliphatic carbocycles. The zero-order chi connectivity index (χ0) is 19.2. The van der Waals surface area contributed by atoms with Crippen LogP contribution in [-0.4, -0.2) is 49.5 Å². The average Bonchev–Trinajstić information content (AvgIpc) is 3.19. The van der Waals surface area contributed by atoms with Gasteiger partial charge in [-0.1, -0.05) is 30.3 Å². The van der Waals surface area contributed by atoms with E-state index >= 15 is 0 Å².